The summed E-state index contributed by atoms with van der Waals surface area (Å²) in [5, 5.41) is 3.03. The molecule has 1 saturated heterocycles. The third-order valence-corrected chi connectivity index (χ3v) is 4.90. The summed E-state index contributed by atoms with van der Waals surface area (Å²) in [6.45, 7) is 11.8. The smallest absolute Gasteiger partial charge is 0.407 e. The molecule has 6 nitrogen and oxygen atoms in total. The lowest BCUT2D eigenvalue weighted by Gasteiger charge is -2.51. The summed E-state index contributed by atoms with van der Waals surface area (Å²) >= 11 is 0. The quantitative estimate of drug-likeness (QED) is 0.702. The van der Waals surface area contributed by atoms with E-state index in [0.717, 1.165) is 24.3 Å². The highest BCUT2D eigenvalue weighted by Gasteiger charge is 2.51. The van der Waals surface area contributed by atoms with Crippen molar-refractivity contribution in [3.05, 3.63) is 24.3 Å². The summed E-state index contributed by atoms with van der Waals surface area (Å²) in [5.41, 5.74) is 0.252. The number of nitrogens with one attached hydrogen (secondary N) is 1. The van der Waals surface area contributed by atoms with Crippen molar-refractivity contribution in [2.45, 2.75) is 72.1 Å². The largest absolute Gasteiger partial charge is 0.497 e. The van der Waals surface area contributed by atoms with E-state index in [4.69, 9.17) is 9.47 Å². The van der Waals surface area contributed by atoms with Crippen molar-refractivity contribution in [1.82, 2.24) is 5.32 Å². The van der Waals surface area contributed by atoms with Gasteiger partial charge in [-0.05, 0) is 63.8 Å². The zero-order valence-electron chi connectivity index (χ0n) is 18.1. The van der Waals surface area contributed by atoms with E-state index in [-0.39, 0.29) is 23.9 Å². The van der Waals surface area contributed by atoms with Gasteiger partial charge in [0.25, 0.3) is 0 Å². The van der Waals surface area contributed by atoms with Crippen LogP contribution in [-0.4, -0.2) is 36.8 Å². The number of carbonyl (C=O) groups excluding carboxylic acids is 2. The SMILES string of the molecule is CC[C@H]1C(=O)N(c2ccc(OC)cc2)[C@@H]1[C@H](CC(C)C)NC(=O)OC(C)(C)C. The minimum absolute atomic E-state index is 0.0948. The Morgan fingerprint density at radius 3 is 2.29 bits per heavy atom. The van der Waals surface area contributed by atoms with Gasteiger partial charge >= 0.3 is 6.09 Å². The van der Waals surface area contributed by atoms with Crippen molar-refractivity contribution < 1.29 is 19.1 Å². The number of rotatable bonds is 7. The van der Waals surface area contributed by atoms with Crippen LogP contribution in [0.4, 0.5) is 10.5 Å². The molecule has 0 bridgehead atoms. The molecule has 0 aliphatic carbocycles. The second-order valence-electron chi connectivity index (χ2n) is 8.79. The third kappa shape index (κ3) is 5.18. The zero-order chi connectivity index (χ0) is 21.1. The number of benzene rings is 1. The number of methoxy groups -OCH3 is 1. The van der Waals surface area contributed by atoms with Crippen molar-refractivity contribution in [3.8, 4) is 5.75 Å². The van der Waals surface area contributed by atoms with E-state index in [2.05, 4.69) is 19.2 Å². The van der Waals surface area contributed by atoms with Crippen molar-refractivity contribution >= 4 is 17.7 Å². The molecular weight excluding hydrogens is 356 g/mol. The number of carbonyl (C=O) groups is 2. The third-order valence-electron chi connectivity index (χ3n) is 4.90. The average molecular weight is 391 g/mol. The van der Waals surface area contributed by atoms with E-state index < -0.39 is 11.7 Å². The molecule has 1 aromatic rings. The molecule has 1 aliphatic heterocycles. The summed E-state index contributed by atoms with van der Waals surface area (Å²) in [7, 11) is 1.61. The minimum atomic E-state index is -0.568. The van der Waals surface area contributed by atoms with Gasteiger partial charge in [-0.25, -0.2) is 4.79 Å². The van der Waals surface area contributed by atoms with Gasteiger partial charge in [0.05, 0.1) is 25.1 Å². The Hall–Kier alpha value is -2.24. The van der Waals surface area contributed by atoms with Gasteiger partial charge in [-0.3, -0.25) is 4.79 Å². The fourth-order valence-electron chi connectivity index (χ4n) is 3.74. The molecule has 28 heavy (non-hydrogen) atoms. The summed E-state index contributed by atoms with van der Waals surface area (Å²) < 4.78 is 10.7. The molecule has 156 valence electrons. The van der Waals surface area contributed by atoms with Crippen LogP contribution in [0, 0.1) is 11.8 Å². The number of hydrogen-bond acceptors (Lipinski definition) is 4. The number of alkyl carbamates (subject to hydrolysis) is 1. The van der Waals surface area contributed by atoms with Gasteiger partial charge in [-0.15, -0.1) is 0 Å². The Morgan fingerprint density at radius 2 is 1.82 bits per heavy atom. The van der Waals surface area contributed by atoms with Gasteiger partial charge in [0, 0.05) is 5.69 Å². The fraction of sp³-hybridized carbons (Fsp3) is 0.636. The molecule has 0 saturated carbocycles. The Labute approximate surface area is 168 Å². The van der Waals surface area contributed by atoms with Crippen LogP contribution in [0.3, 0.4) is 0 Å². The van der Waals surface area contributed by atoms with Gasteiger partial charge in [0.1, 0.15) is 11.4 Å². The van der Waals surface area contributed by atoms with Crippen molar-refractivity contribution in [2.75, 3.05) is 12.0 Å². The highest BCUT2D eigenvalue weighted by atomic mass is 16.6. The van der Waals surface area contributed by atoms with E-state index in [0.29, 0.717) is 5.92 Å². The molecule has 0 aromatic heterocycles. The van der Waals surface area contributed by atoms with Gasteiger partial charge in [-0.1, -0.05) is 20.8 Å². The summed E-state index contributed by atoms with van der Waals surface area (Å²) in [5.74, 6) is 1.09. The standard InChI is InChI=1S/C22H34N2O4/c1-8-17-19(18(13-14(2)3)23-21(26)28-22(4,5)6)24(20(17)25)15-9-11-16(27-7)12-10-15/h9-12,14,17-19H,8,13H2,1-7H3,(H,23,26)/t17-,18+,19+/m1/s1. The topological polar surface area (TPSA) is 67.9 Å². The lowest BCUT2D eigenvalue weighted by atomic mass is 9.77. The molecule has 6 heteroatoms. The lowest BCUT2D eigenvalue weighted by molar-refractivity contribution is -0.131. The number of hydrogen-bond donors (Lipinski definition) is 1. The van der Waals surface area contributed by atoms with Crippen molar-refractivity contribution in [3.63, 3.8) is 0 Å². The molecule has 3 atom stereocenters. The highest BCUT2D eigenvalue weighted by Crippen LogP contribution is 2.38. The first kappa shape index (κ1) is 22.1. The van der Waals surface area contributed by atoms with Crippen molar-refractivity contribution in [1.29, 1.82) is 0 Å². The predicted molar refractivity (Wildman–Crippen MR) is 111 cm³/mol. The maximum Gasteiger partial charge on any atom is 0.407 e. The van der Waals surface area contributed by atoms with Crippen LogP contribution in [0.1, 0.15) is 54.4 Å². The molecular formula is C22H34N2O4. The molecule has 1 heterocycles. The number of anilines is 1. The number of amides is 2. The van der Waals surface area contributed by atoms with Crippen LogP contribution in [0.15, 0.2) is 24.3 Å². The van der Waals surface area contributed by atoms with Crippen LogP contribution in [0.5, 0.6) is 5.75 Å². The maximum absolute atomic E-state index is 12.8. The second kappa shape index (κ2) is 8.84. The molecule has 0 unspecified atom stereocenters. The second-order valence-corrected chi connectivity index (χ2v) is 8.79. The fourth-order valence-corrected chi connectivity index (χ4v) is 3.74. The Bertz CT molecular complexity index is 679. The van der Waals surface area contributed by atoms with E-state index in [1.165, 1.54) is 0 Å². The number of ether oxygens (including phenoxy) is 2. The van der Waals surface area contributed by atoms with Crippen LogP contribution >= 0.6 is 0 Å². The number of nitrogens with zero attached hydrogens (tertiary/aromatic N) is 1. The molecule has 2 rings (SSSR count). The summed E-state index contributed by atoms with van der Waals surface area (Å²) in [6, 6.07) is 7.18. The maximum atomic E-state index is 12.8. The van der Waals surface area contributed by atoms with E-state index in [9.17, 15) is 9.59 Å². The zero-order valence-corrected chi connectivity index (χ0v) is 18.1. The highest BCUT2D eigenvalue weighted by molar-refractivity contribution is 6.03. The van der Waals surface area contributed by atoms with Crippen LogP contribution in [0.25, 0.3) is 0 Å². The Kier molecular flexibility index (Phi) is 6.96. The summed E-state index contributed by atoms with van der Waals surface area (Å²) in [4.78, 5) is 27.1. The van der Waals surface area contributed by atoms with E-state index in [1.807, 2.05) is 52.0 Å². The van der Waals surface area contributed by atoms with Gasteiger partial charge in [0.15, 0.2) is 0 Å². The summed E-state index contributed by atoms with van der Waals surface area (Å²) in [6.07, 6.45) is 1.06. The van der Waals surface area contributed by atoms with E-state index in [1.54, 1.807) is 12.0 Å². The van der Waals surface area contributed by atoms with Crippen molar-refractivity contribution in [2.24, 2.45) is 11.8 Å². The molecule has 1 N–H and O–H groups in total. The predicted octanol–water partition coefficient (Wildman–Crippen LogP) is 4.38. The van der Waals surface area contributed by atoms with Gasteiger partial charge in [-0.2, -0.15) is 0 Å². The van der Waals surface area contributed by atoms with Crippen LogP contribution < -0.4 is 15.0 Å². The Balaban J connectivity index is 2.28. The Morgan fingerprint density at radius 1 is 1.21 bits per heavy atom. The minimum Gasteiger partial charge on any atom is -0.497 e. The lowest BCUT2D eigenvalue weighted by Crippen LogP contribution is -2.69. The first-order valence-corrected chi connectivity index (χ1v) is 10.0. The van der Waals surface area contributed by atoms with E-state index >= 15 is 0 Å². The molecule has 2 amide bonds. The normalized spacial score (nSPS) is 20.6. The molecule has 1 fully saturated rings. The number of β-lactam (4-membered cyclic amide) rings is 1. The van der Waals surface area contributed by atoms with Crippen LogP contribution in [-0.2, 0) is 9.53 Å². The molecule has 0 spiro atoms. The molecule has 0 radical (unpaired) electrons. The van der Waals surface area contributed by atoms with Gasteiger partial charge < -0.3 is 19.7 Å². The van der Waals surface area contributed by atoms with Crippen LogP contribution in [0.2, 0.25) is 0 Å². The first-order chi connectivity index (χ1) is 13.1. The first-order valence-electron chi connectivity index (χ1n) is 10.0. The molecule has 1 aromatic carbocycles. The monoisotopic (exact) mass is 390 g/mol. The molecule has 1 aliphatic rings. The van der Waals surface area contributed by atoms with Gasteiger partial charge in [0.2, 0.25) is 5.91 Å². The average Bonchev–Trinajstić information content (AvgIpc) is 2.58.